The lowest BCUT2D eigenvalue weighted by Gasteiger charge is -2.33. The highest BCUT2D eigenvalue weighted by Crippen LogP contribution is 2.19. The van der Waals surface area contributed by atoms with Crippen molar-refractivity contribution < 1.29 is 14.1 Å². The van der Waals surface area contributed by atoms with Crippen LogP contribution < -0.4 is 15.1 Å². The lowest BCUT2D eigenvalue weighted by molar-refractivity contribution is -0.892. The van der Waals surface area contributed by atoms with Crippen molar-refractivity contribution in [1.82, 2.24) is 5.32 Å². The number of hydrogen-bond acceptors (Lipinski definition) is 2. The van der Waals surface area contributed by atoms with Crippen LogP contribution in [0.1, 0.15) is 5.56 Å². The second kappa shape index (κ2) is 9.01. The van der Waals surface area contributed by atoms with E-state index in [1.807, 2.05) is 24.3 Å². The van der Waals surface area contributed by atoms with E-state index in [4.69, 9.17) is 11.6 Å². The van der Waals surface area contributed by atoms with Gasteiger partial charge in [0.15, 0.2) is 6.54 Å². The van der Waals surface area contributed by atoms with Crippen molar-refractivity contribution in [2.24, 2.45) is 0 Å². The average Bonchev–Trinajstić information content (AvgIpc) is 2.64. The fraction of sp³-hybridized carbons (Fsp3) is 0.350. The summed E-state index contributed by atoms with van der Waals surface area (Å²) in [5.41, 5.74) is 1.76. The van der Waals surface area contributed by atoms with E-state index in [2.05, 4.69) is 16.3 Å². The van der Waals surface area contributed by atoms with E-state index in [-0.39, 0.29) is 11.7 Å². The smallest absolute Gasteiger partial charge is 0.275 e. The summed E-state index contributed by atoms with van der Waals surface area (Å²) in [6, 6.07) is 14.5. The first-order valence-corrected chi connectivity index (χ1v) is 9.34. The zero-order valence-electron chi connectivity index (χ0n) is 14.7. The highest BCUT2D eigenvalue weighted by Gasteiger charge is 2.22. The zero-order valence-corrected chi connectivity index (χ0v) is 15.4. The van der Waals surface area contributed by atoms with Gasteiger partial charge in [0.25, 0.3) is 5.91 Å². The molecule has 2 N–H and O–H groups in total. The topological polar surface area (TPSA) is 36.8 Å². The minimum Gasteiger partial charge on any atom is -0.360 e. The van der Waals surface area contributed by atoms with Crippen molar-refractivity contribution in [3.63, 3.8) is 0 Å². The molecule has 0 aliphatic carbocycles. The Balaban J connectivity index is 1.39. The van der Waals surface area contributed by atoms with Crippen LogP contribution in [0.15, 0.2) is 48.5 Å². The molecule has 6 heteroatoms. The predicted molar refractivity (Wildman–Crippen MR) is 102 cm³/mol. The normalized spacial score (nSPS) is 15.1. The molecule has 0 radical (unpaired) electrons. The Labute approximate surface area is 158 Å². The number of carbonyl (C=O) groups is 1. The summed E-state index contributed by atoms with van der Waals surface area (Å²) in [7, 11) is 0. The van der Waals surface area contributed by atoms with Crippen LogP contribution in [0.4, 0.5) is 10.1 Å². The number of nitrogens with zero attached hydrogens (tertiary/aromatic N) is 1. The molecule has 0 saturated carbocycles. The van der Waals surface area contributed by atoms with Gasteiger partial charge in [0.05, 0.1) is 26.2 Å². The van der Waals surface area contributed by atoms with E-state index in [0.717, 1.165) is 36.9 Å². The highest BCUT2D eigenvalue weighted by molar-refractivity contribution is 6.30. The van der Waals surface area contributed by atoms with Crippen molar-refractivity contribution in [2.45, 2.75) is 6.42 Å². The van der Waals surface area contributed by atoms with Gasteiger partial charge < -0.3 is 15.1 Å². The molecular formula is C20H24ClFN3O+. The number of anilines is 1. The summed E-state index contributed by atoms with van der Waals surface area (Å²) in [5.74, 6) is -0.197. The summed E-state index contributed by atoms with van der Waals surface area (Å²) in [4.78, 5) is 15.7. The van der Waals surface area contributed by atoms with Gasteiger partial charge in [-0.2, -0.15) is 0 Å². The Morgan fingerprint density at radius 3 is 2.65 bits per heavy atom. The summed E-state index contributed by atoms with van der Waals surface area (Å²) in [5, 5.41) is 3.64. The molecule has 1 heterocycles. The van der Waals surface area contributed by atoms with Crippen LogP contribution in [0, 0.1) is 5.82 Å². The van der Waals surface area contributed by atoms with Crippen molar-refractivity contribution in [3.8, 4) is 0 Å². The van der Waals surface area contributed by atoms with Crippen LogP contribution in [0.3, 0.4) is 0 Å². The van der Waals surface area contributed by atoms with E-state index in [1.54, 1.807) is 12.1 Å². The van der Waals surface area contributed by atoms with Crippen LogP contribution >= 0.6 is 11.6 Å². The molecule has 0 unspecified atom stereocenters. The van der Waals surface area contributed by atoms with E-state index in [9.17, 15) is 9.18 Å². The number of amides is 1. The quantitative estimate of drug-likeness (QED) is 0.802. The molecule has 1 saturated heterocycles. The second-order valence-corrected chi connectivity index (χ2v) is 7.02. The van der Waals surface area contributed by atoms with E-state index >= 15 is 0 Å². The van der Waals surface area contributed by atoms with Crippen LogP contribution in [0.5, 0.6) is 0 Å². The summed E-state index contributed by atoms with van der Waals surface area (Å²) in [6.07, 6.45) is 0.510. The van der Waals surface area contributed by atoms with E-state index in [0.29, 0.717) is 25.1 Å². The Morgan fingerprint density at radius 1 is 1.15 bits per heavy atom. The van der Waals surface area contributed by atoms with Gasteiger partial charge in [-0.3, -0.25) is 4.79 Å². The molecule has 0 spiro atoms. The SMILES string of the molecule is O=C(C[NH+]1CCN(c2cccc(Cl)c2)CC1)NCCc1ccccc1F. The molecule has 4 nitrogen and oxygen atoms in total. The monoisotopic (exact) mass is 376 g/mol. The second-order valence-electron chi connectivity index (χ2n) is 6.59. The molecule has 2 aromatic rings. The number of carbonyl (C=O) groups excluding carboxylic acids is 1. The van der Waals surface area contributed by atoms with Gasteiger partial charge in [-0.25, -0.2) is 4.39 Å². The predicted octanol–water partition coefficient (Wildman–Crippen LogP) is 1.54. The Bertz CT molecular complexity index is 747. The number of nitrogens with one attached hydrogen (secondary N) is 2. The van der Waals surface area contributed by atoms with Gasteiger partial charge in [-0.1, -0.05) is 35.9 Å². The fourth-order valence-electron chi connectivity index (χ4n) is 3.26. The van der Waals surface area contributed by atoms with Crippen molar-refractivity contribution in [1.29, 1.82) is 0 Å². The zero-order chi connectivity index (χ0) is 18.4. The van der Waals surface area contributed by atoms with Crippen LogP contribution in [0.2, 0.25) is 5.02 Å². The number of benzene rings is 2. The van der Waals surface area contributed by atoms with Crippen molar-refractivity contribution in [2.75, 3.05) is 44.2 Å². The third kappa shape index (κ3) is 5.19. The van der Waals surface area contributed by atoms with Gasteiger partial charge in [0, 0.05) is 17.3 Å². The maximum atomic E-state index is 13.6. The van der Waals surface area contributed by atoms with E-state index < -0.39 is 0 Å². The first-order valence-electron chi connectivity index (χ1n) is 8.96. The minimum absolute atomic E-state index is 0.0209. The van der Waals surface area contributed by atoms with Crippen molar-refractivity contribution >= 4 is 23.2 Å². The Hall–Kier alpha value is -2.11. The van der Waals surface area contributed by atoms with Crippen molar-refractivity contribution in [3.05, 3.63) is 64.9 Å². The summed E-state index contributed by atoms with van der Waals surface area (Å²) >= 11 is 6.06. The molecule has 3 rings (SSSR count). The number of hydrogen-bond donors (Lipinski definition) is 2. The highest BCUT2D eigenvalue weighted by atomic mass is 35.5. The number of halogens is 2. The standard InChI is InChI=1S/C20H23ClFN3O/c21-17-5-3-6-18(14-17)25-12-10-24(11-13-25)15-20(26)23-9-8-16-4-1-2-7-19(16)22/h1-7,14H,8-13,15H2,(H,23,26)/p+1. The molecule has 1 amide bonds. The lowest BCUT2D eigenvalue weighted by atomic mass is 10.1. The molecule has 1 aliphatic rings. The van der Waals surface area contributed by atoms with Gasteiger partial charge in [0.1, 0.15) is 5.82 Å². The van der Waals surface area contributed by atoms with Gasteiger partial charge in [0.2, 0.25) is 0 Å². The van der Waals surface area contributed by atoms with Gasteiger partial charge >= 0.3 is 0 Å². The third-order valence-corrected chi connectivity index (χ3v) is 4.96. The Morgan fingerprint density at radius 2 is 1.92 bits per heavy atom. The number of rotatable bonds is 6. The molecule has 2 aromatic carbocycles. The number of piperazine rings is 1. The summed E-state index contributed by atoms with van der Waals surface area (Å²) in [6.45, 7) is 4.54. The Kier molecular flexibility index (Phi) is 6.47. The molecule has 26 heavy (non-hydrogen) atoms. The van der Waals surface area contributed by atoms with E-state index in [1.165, 1.54) is 11.0 Å². The molecule has 1 fully saturated rings. The number of quaternary nitrogens is 1. The first-order chi connectivity index (χ1) is 12.6. The fourth-order valence-corrected chi connectivity index (χ4v) is 3.44. The average molecular weight is 377 g/mol. The lowest BCUT2D eigenvalue weighted by Crippen LogP contribution is -3.16. The minimum atomic E-state index is -0.218. The molecule has 0 aromatic heterocycles. The van der Waals surface area contributed by atoms with Gasteiger partial charge in [-0.05, 0) is 36.2 Å². The van der Waals surface area contributed by atoms with Gasteiger partial charge in [-0.15, -0.1) is 0 Å². The molecule has 138 valence electrons. The third-order valence-electron chi connectivity index (χ3n) is 4.73. The molecular weight excluding hydrogens is 353 g/mol. The summed E-state index contributed by atoms with van der Waals surface area (Å²) < 4.78 is 13.6. The van der Waals surface area contributed by atoms with Crippen LogP contribution in [-0.2, 0) is 11.2 Å². The maximum Gasteiger partial charge on any atom is 0.275 e. The molecule has 1 aliphatic heterocycles. The molecule has 0 atom stereocenters. The molecule has 0 bridgehead atoms. The van der Waals surface area contributed by atoms with Crippen LogP contribution in [-0.4, -0.2) is 45.2 Å². The van der Waals surface area contributed by atoms with Crippen LogP contribution in [0.25, 0.3) is 0 Å². The maximum absolute atomic E-state index is 13.6. The first kappa shape index (κ1) is 18.7. The largest absolute Gasteiger partial charge is 0.360 e.